The molecule has 1 heterocycles. The van der Waals surface area contributed by atoms with Gasteiger partial charge in [0.25, 0.3) is 5.69 Å². The van der Waals surface area contributed by atoms with Crippen molar-refractivity contribution in [3.05, 3.63) is 39.3 Å². The molecule has 0 saturated carbocycles. The monoisotopic (exact) mass is 293 g/mol. The van der Waals surface area contributed by atoms with Gasteiger partial charge in [0.15, 0.2) is 4.88 Å². The van der Waals surface area contributed by atoms with E-state index < -0.39 is 10.9 Å². The first kappa shape index (κ1) is 13.9. The van der Waals surface area contributed by atoms with Crippen LogP contribution in [0.1, 0.15) is 16.6 Å². The molecule has 1 aromatic carbocycles. The number of hydrogen-bond acceptors (Lipinski definition) is 7. The number of carbonyl (C=O) groups is 1. The van der Waals surface area contributed by atoms with Crippen molar-refractivity contribution in [3.8, 4) is 11.3 Å². The molecule has 1 aromatic heterocycles. The van der Waals surface area contributed by atoms with Crippen LogP contribution in [0.25, 0.3) is 11.3 Å². The molecule has 0 fully saturated rings. The van der Waals surface area contributed by atoms with E-state index in [9.17, 15) is 14.9 Å². The van der Waals surface area contributed by atoms with E-state index in [-0.39, 0.29) is 22.9 Å². The Morgan fingerprint density at radius 3 is 2.65 bits per heavy atom. The number of aromatic nitrogens is 1. The summed E-state index contributed by atoms with van der Waals surface area (Å²) in [5.74, 6) is -0.518. The summed E-state index contributed by atoms with van der Waals surface area (Å²) in [4.78, 5) is 22.0. The number of nitro groups is 1. The zero-order valence-corrected chi connectivity index (χ0v) is 11.3. The number of nitro benzene ring substituents is 1. The zero-order chi connectivity index (χ0) is 14.7. The van der Waals surface area contributed by atoms with Gasteiger partial charge in [0.2, 0.25) is 0 Å². The smallest absolute Gasteiger partial charge is 0.352 e. The van der Waals surface area contributed by atoms with E-state index >= 15 is 0 Å². The largest absolute Gasteiger partial charge is 0.462 e. The Bertz CT molecular complexity index is 651. The number of non-ortho nitro benzene ring substituents is 1. The summed E-state index contributed by atoms with van der Waals surface area (Å²) < 4.78 is 8.98. The number of hydrogen-bond donors (Lipinski definition) is 1. The van der Waals surface area contributed by atoms with Gasteiger partial charge in [-0.1, -0.05) is 0 Å². The van der Waals surface area contributed by atoms with Crippen molar-refractivity contribution in [2.45, 2.75) is 6.92 Å². The van der Waals surface area contributed by atoms with Gasteiger partial charge in [0.1, 0.15) is 5.69 Å². The summed E-state index contributed by atoms with van der Waals surface area (Å²) in [6, 6.07) is 5.80. The van der Waals surface area contributed by atoms with Gasteiger partial charge in [0.05, 0.1) is 17.2 Å². The van der Waals surface area contributed by atoms with Gasteiger partial charge in [0, 0.05) is 17.7 Å². The predicted molar refractivity (Wildman–Crippen MR) is 74.6 cm³/mol. The van der Waals surface area contributed by atoms with Crippen molar-refractivity contribution in [1.29, 1.82) is 0 Å². The number of nitrogens with two attached hydrogens (primary N) is 1. The number of anilines is 1. The number of esters is 1. The Morgan fingerprint density at radius 1 is 1.45 bits per heavy atom. The van der Waals surface area contributed by atoms with Crippen molar-refractivity contribution < 1.29 is 14.5 Å². The van der Waals surface area contributed by atoms with E-state index in [0.29, 0.717) is 11.3 Å². The lowest BCUT2D eigenvalue weighted by Crippen LogP contribution is -2.05. The van der Waals surface area contributed by atoms with Crippen molar-refractivity contribution in [3.63, 3.8) is 0 Å². The minimum absolute atomic E-state index is 0.0202. The van der Waals surface area contributed by atoms with Crippen molar-refractivity contribution >= 4 is 28.9 Å². The molecule has 0 aliphatic carbocycles. The highest BCUT2D eigenvalue weighted by Gasteiger charge is 2.19. The van der Waals surface area contributed by atoms with E-state index in [2.05, 4.69) is 4.37 Å². The molecule has 0 bridgehead atoms. The molecule has 0 amide bonds. The third kappa shape index (κ3) is 2.59. The molecule has 104 valence electrons. The van der Waals surface area contributed by atoms with Crippen LogP contribution in [-0.2, 0) is 4.74 Å². The summed E-state index contributed by atoms with van der Waals surface area (Å²) in [6.45, 7) is 1.95. The lowest BCUT2D eigenvalue weighted by Gasteiger charge is -2.01. The quantitative estimate of drug-likeness (QED) is 0.527. The fourth-order valence-electron chi connectivity index (χ4n) is 1.59. The van der Waals surface area contributed by atoms with Crippen LogP contribution in [0.3, 0.4) is 0 Å². The Labute approximate surface area is 118 Å². The third-order valence-corrected chi connectivity index (χ3v) is 3.38. The molecule has 2 rings (SSSR count). The molecule has 2 N–H and O–H groups in total. The number of benzene rings is 1. The average Bonchev–Trinajstić information content (AvgIpc) is 2.81. The number of nitrogens with zero attached hydrogens (tertiary/aromatic N) is 2. The minimum Gasteiger partial charge on any atom is -0.462 e. The Morgan fingerprint density at radius 2 is 2.10 bits per heavy atom. The van der Waals surface area contributed by atoms with E-state index in [1.807, 2.05) is 0 Å². The van der Waals surface area contributed by atoms with Gasteiger partial charge in [-0.2, -0.15) is 4.37 Å². The highest BCUT2D eigenvalue weighted by molar-refractivity contribution is 7.09. The maximum absolute atomic E-state index is 11.6. The van der Waals surface area contributed by atoms with Crippen molar-refractivity contribution in [2.24, 2.45) is 0 Å². The van der Waals surface area contributed by atoms with E-state index in [0.717, 1.165) is 11.5 Å². The van der Waals surface area contributed by atoms with Gasteiger partial charge >= 0.3 is 5.97 Å². The first-order valence-electron chi connectivity index (χ1n) is 5.71. The van der Waals surface area contributed by atoms with Crippen LogP contribution in [0.4, 0.5) is 11.4 Å². The zero-order valence-electron chi connectivity index (χ0n) is 10.5. The van der Waals surface area contributed by atoms with Crippen LogP contribution in [-0.4, -0.2) is 21.9 Å². The van der Waals surface area contributed by atoms with Gasteiger partial charge in [-0.25, -0.2) is 4.79 Å². The number of ether oxygens (including phenoxy) is 1. The molecular formula is C12H11N3O4S. The molecule has 20 heavy (non-hydrogen) atoms. The maximum Gasteiger partial charge on any atom is 0.352 e. The van der Waals surface area contributed by atoms with Crippen LogP contribution >= 0.6 is 11.5 Å². The van der Waals surface area contributed by atoms with E-state index in [1.165, 1.54) is 12.1 Å². The molecule has 7 nitrogen and oxygen atoms in total. The van der Waals surface area contributed by atoms with Crippen LogP contribution < -0.4 is 5.73 Å². The molecule has 0 spiro atoms. The van der Waals surface area contributed by atoms with E-state index in [1.54, 1.807) is 19.1 Å². The average molecular weight is 293 g/mol. The summed E-state index contributed by atoms with van der Waals surface area (Å²) in [5.41, 5.74) is 7.12. The normalized spacial score (nSPS) is 10.2. The van der Waals surface area contributed by atoms with Crippen LogP contribution in [0, 0.1) is 10.1 Å². The topological polar surface area (TPSA) is 108 Å². The number of rotatable bonds is 4. The number of nitrogen functional groups attached to an aromatic ring is 1. The molecule has 0 unspecified atom stereocenters. The molecule has 0 aliphatic rings. The first-order chi connectivity index (χ1) is 9.54. The second-order valence-electron chi connectivity index (χ2n) is 3.80. The molecule has 0 radical (unpaired) electrons. The SMILES string of the molecule is CCOC(=O)c1snc(-c2ccc([N+](=O)[O-])cc2)c1N. The Kier molecular flexibility index (Phi) is 3.94. The predicted octanol–water partition coefficient (Wildman–Crippen LogP) is 2.48. The molecular weight excluding hydrogens is 282 g/mol. The highest BCUT2D eigenvalue weighted by atomic mass is 32.1. The fourth-order valence-corrected chi connectivity index (χ4v) is 2.31. The Balaban J connectivity index is 2.34. The lowest BCUT2D eigenvalue weighted by molar-refractivity contribution is -0.384. The van der Waals surface area contributed by atoms with E-state index in [4.69, 9.17) is 10.5 Å². The summed E-state index contributed by atoms with van der Waals surface area (Å²) in [5, 5.41) is 10.6. The standard InChI is InChI=1S/C12H11N3O4S/c1-2-19-12(16)11-9(13)10(14-20-11)7-3-5-8(6-4-7)15(17)18/h3-6H,2,13H2,1H3. The first-order valence-corrected chi connectivity index (χ1v) is 6.49. The van der Waals surface area contributed by atoms with Gasteiger partial charge in [-0.3, -0.25) is 10.1 Å². The molecule has 0 saturated heterocycles. The molecule has 2 aromatic rings. The molecule has 8 heteroatoms. The second kappa shape index (κ2) is 5.66. The number of carbonyl (C=O) groups excluding carboxylic acids is 1. The van der Waals surface area contributed by atoms with Gasteiger partial charge < -0.3 is 10.5 Å². The van der Waals surface area contributed by atoms with Crippen molar-refractivity contribution in [2.75, 3.05) is 12.3 Å². The fraction of sp³-hybridized carbons (Fsp3) is 0.167. The second-order valence-corrected chi connectivity index (χ2v) is 4.57. The summed E-state index contributed by atoms with van der Waals surface area (Å²) >= 11 is 0.946. The third-order valence-electron chi connectivity index (χ3n) is 2.54. The highest BCUT2D eigenvalue weighted by Crippen LogP contribution is 2.32. The Hall–Kier alpha value is -2.48. The summed E-state index contributed by atoms with van der Waals surface area (Å²) in [6.07, 6.45) is 0. The van der Waals surface area contributed by atoms with Gasteiger partial charge in [-0.15, -0.1) is 0 Å². The molecule has 0 aliphatic heterocycles. The van der Waals surface area contributed by atoms with Crippen LogP contribution in [0.15, 0.2) is 24.3 Å². The minimum atomic E-state index is -0.518. The summed E-state index contributed by atoms with van der Waals surface area (Å²) in [7, 11) is 0. The van der Waals surface area contributed by atoms with Crippen molar-refractivity contribution in [1.82, 2.24) is 4.37 Å². The lowest BCUT2D eigenvalue weighted by atomic mass is 10.1. The van der Waals surface area contributed by atoms with Gasteiger partial charge in [-0.05, 0) is 30.6 Å². The maximum atomic E-state index is 11.6. The van der Waals surface area contributed by atoms with Crippen LogP contribution in [0.5, 0.6) is 0 Å². The molecule has 0 atom stereocenters. The van der Waals surface area contributed by atoms with Crippen LogP contribution in [0.2, 0.25) is 0 Å².